The van der Waals surface area contributed by atoms with Crippen LogP contribution in [0.1, 0.15) is 12.8 Å². The van der Waals surface area contributed by atoms with E-state index < -0.39 is 17.6 Å². The van der Waals surface area contributed by atoms with E-state index in [2.05, 4.69) is 26.2 Å². The Bertz CT molecular complexity index is 560. The molecule has 1 aliphatic heterocycles. The molecule has 4 N–H and O–H groups in total. The number of halogens is 1. The summed E-state index contributed by atoms with van der Waals surface area (Å²) < 4.78 is 10.6. The number of hydrogen-bond donors (Lipinski definition) is 3. The van der Waals surface area contributed by atoms with E-state index in [1.165, 1.54) is 12.1 Å². The molecular formula is C12H14BrN3O5. The molecule has 114 valence electrons. The van der Waals surface area contributed by atoms with Crippen molar-refractivity contribution in [2.24, 2.45) is 5.73 Å². The van der Waals surface area contributed by atoms with Gasteiger partial charge in [0.2, 0.25) is 0 Å². The minimum atomic E-state index is -1.42. The molecule has 0 bridgehead atoms. The van der Waals surface area contributed by atoms with Crippen LogP contribution in [-0.2, 0) is 14.3 Å². The Labute approximate surface area is 128 Å². The highest BCUT2D eigenvalue weighted by atomic mass is 79.9. The first-order valence-corrected chi connectivity index (χ1v) is 6.95. The summed E-state index contributed by atoms with van der Waals surface area (Å²) in [5.74, 6) is -0.841. The minimum absolute atomic E-state index is 0.0340. The van der Waals surface area contributed by atoms with Crippen molar-refractivity contribution in [2.45, 2.75) is 18.4 Å². The summed E-state index contributed by atoms with van der Waals surface area (Å²) in [4.78, 5) is 27.4. The number of carbonyl (C=O) groups excluding carboxylic acids is 2. The number of ether oxygens (including phenoxy) is 2. The number of nitrogens with zero attached hydrogens (tertiary/aromatic N) is 1. The number of nitrogens with two attached hydrogens (primary N) is 1. The number of aromatic hydroxyl groups is 1. The van der Waals surface area contributed by atoms with Gasteiger partial charge < -0.3 is 25.6 Å². The maximum Gasteiger partial charge on any atom is 0.405 e. The first-order valence-electron chi connectivity index (χ1n) is 6.16. The molecule has 21 heavy (non-hydrogen) atoms. The van der Waals surface area contributed by atoms with Crippen molar-refractivity contribution in [3.63, 3.8) is 0 Å². The molecule has 1 aliphatic rings. The summed E-state index contributed by atoms with van der Waals surface area (Å²) in [6.07, 6.45) is -0.689. The number of amides is 2. The average molecular weight is 360 g/mol. The topological polar surface area (TPSA) is 124 Å². The molecule has 0 aromatic carbocycles. The third-order valence-corrected chi connectivity index (χ3v) is 3.52. The minimum Gasteiger partial charge on any atom is -0.504 e. The van der Waals surface area contributed by atoms with Crippen LogP contribution in [0, 0.1) is 0 Å². The van der Waals surface area contributed by atoms with Crippen molar-refractivity contribution in [3.05, 3.63) is 16.7 Å². The standard InChI is InChI=1S/C12H14BrN3O5/c13-8-2-1-7(17)9(15-8)16-10(18)12(21-11(14)19)3-5-20-6-4-12/h1-2,17H,3-6H2,(H2,14,19)(H,15,16,18). The Hall–Kier alpha value is -1.87. The van der Waals surface area contributed by atoms with Crippen LogP contribution in [0.15, 0.2) is 16.7 Å². The number of anilines is 1. The van der Waals surface area contributed by atoms with Crippen LogP contribution < -0.4 is 11.1 Å². The molecule has 0 atom stereocenters. The van der Waals surface area contributed by atoms with Gasteiger partial charge in [-0.05, 0) is 28.1 Å². The second-order valence-corrected chi connectivity index (χ2v) is 5.30. The normalized spacial score (nSPS) is 17.0. The van der Waals surface area contributed by atoms with Crippen LogP contribution in [-0.4, -0.2) is 40.9 Å². The molecule has 0 aliphatic carbocycles. The fourth-order valence-corrected chi connectivity index (χ4v) is 2.32. The van der Waals surface area contributed by atoms with Crippen LogP contribution >= 0.6 is 15.9 Å². The van der Waals surface area contributed by atoms with E-state index in [0.717, 1.165) is 0 Å². The van der Waals surface area contributed by atoms with Crippen molar-refractivity contribution in [3.8, 4) is 5.75 Å². The highest BCUT2D eigenvalue weighted by Crippen LogP contribution is 2.29. The van der Waals surface area contributed by atoms with Crippen molar-refractivity contribution < 1.29 is 24.2 Å². The predicted molar refractivity (Wildman–Crippen MR) is 75.7 cm³/mol. The summed E-state index contributed by atoms with van der Waals surface area (Å²) >= 11 is 3.14. The Kier molecular flexibility index (Phi) is 4.63. The van der Waals surface area contributed by atoms with E-state index in [9.17, 15) is 14.7 Å². The molecule has 0 spiro atoms. The zero-order valence-electron chi connectivity index (χ0n) is 11.0. The summed E-state index contributed by atoms with van der Waals surface area (Å²) in [6, 6.07) is 2.90. The molecule has 1 fully saturated rings. The maximum atomic E-state index is 12.4. The van der Waals surface area contributed by atoms with Gasteiger partial charge in [0.25, 0.3) is 5.91 Å². The van der Waals surface area contributed by atoms with Gasteiger partial charge in [-0.3, -0.25) is 4.79 Å². The highest BCUT2D eigenvalue weighted by molar-refractivity contribution is 9.10. The highest BCUT2D eigenvalue weighted by Gasteiger charge is 2.44. The average Bonchev–Trinajstić information content (AvgIpc) is 2.43. The Morgan fingerprint density at radius 1 is 1.43 bits per heavy atom. The largest absolute Gasteiger partial charge is 0.504 e. The maximum absolute atomic E-state index is 12.4. The third-order valence-electron chi connectivity index (χ3n) is 3.08. The van der Waals surface area contributed by atoms with Gasteiger partial charge in [-0.25, -0.2) is 9.78 Å². The van der Waals surface area contributed by atoms with Crippen molar-refractivity contribution in [1.29, 1.82) is 0 Å². The van der Waals surface area contributed by atoms with Crippen LogP contribution in [0.3, 0.4) is 0 Å². The van der Waals surface area contributed by atoms with Crippen LogP contribution in [0.2, 0.25) is 0 Å². The lowest BCUT2D eigenvalue weighted by atomic mass is 9.93. The summed E-state index contributed by atoms with van der Waals surface area (Å²) in [5, 5.41) is 12.1. The van der Waals surface area contributed by atoms with Crippen LogP contribution in [0.4, 0.5) is 10.6 Å². The zero-order chi connectivity index (χ0) is 15.5. The molecule has 2 heterocycles. The van der Waals surface area contributed by atoms with Gasteiger partial charge in [0, 0.05) is 12.8 Å². The van der Waals surface area contributed by atoms with Crippen LogP contribution in [0.5, 0.6) is 5.75 Å². The van der Waals surface area contributed by atoms with Gasteiger partial charge in [0.1, 0.15) is 4.60 Å². The molecule has 1 aromatic heterocycles. The summed E-state index contributed by atoms with van der Waals surface area (Å²) in [7, 11) is 0. The number of pyridine rings is 1. The second-order valence-electron chi connectivity index (χ2n) is 4.48. The van der Waals surface area contributed by atoms with Gasteiger partial charge in [0.05, 0.1) is 13.2 Å². The molecule has 2 rings (SSSR count). The van der Waals surface area contributed by atoms with Gasteiger partial charge in [-0.1, -0.05) is 0 Å². The van der Waals surface area contributed by atoms with Crippen molar-refractivity contribution >= 4 is 33.7 Å². The number of nitrogens with one attached hydrogen (secondary N) is 1. The van der Waals surface area contributed by atoms with E-state index in [4.69, 9.17) is 15.2 Å². The summed E-state index contributed by atoms with van der Waals surface area (Å²) in [5.41, 5.74) is 3.62. The number of hydrogen-bond acceptors (Lipinski definition) is 6. The fraction of sp³-hybridized carbons (Fsp3) is 0.417. The Morgan fingerprint density at radius 3 is 2.71 bits per heavy atom. The lowest BCUT2D eigenvalue weighted by Gasteiger charge is -2.34. The SMILES string of the molecule is NC(=O)OC1(C(=O)Nc2nc(Br)ccc2O)CCOCC1. The lowest BCUT2D eigenvalue weighted by molar-refractivity contribution is -0.143. The van der Waals surface area contributed by atoms with E-state index >= 15 is 0 Å². The van der Waals surface area contributed by atoms with E-state index in [0.29, 0.717) is 4.60 Å². The van der Waals surface area contributed by atoms with Crippen LogP contribution in [0.25, 0.3) is 0 Å². The van der Waals surface area contributed by atoms with Crippen molar-refractivity contribution in [2.75, 3.05) is 18.5 Å². The quantitative estimate of drug-likeness (QED) is 0.695. The number of rotatable bonds is 3. The Balaban J connectivity index is 2.22. The molecule has 1 saturated heterocycles. The predicted octanol–water partition coefficient (Wildman–Crippen LogP) is 1.13. The number of carbonyl (C=O) groups is 2. The number of primary amides is 1. The fourth-order valence-electron chi connectivity index (χ4n) is 2.01. The molecule has 2 amide bonds. The van der Waals surface area contributed by atoms with Gasteiger partial charge >= 0.3 is 6.09 Å². The van der Waals surface area contributed by atoms with Crippen molar-refractivity contribution in [1.82, 2.24) is 4.98 Å². The second kappa shape index (κ2) is 6.27. The lowest BCUT2D eigenvalue weighted by Crippen LogP contribution is -2.51. The Morgan fingerprint density at radius 2 is 2.10 bits per heavy atom. The van der Waals surface area contributed by atoms with E-state index in [1.54, 1.807) is 0 Å². The molecule has 1 aromatic rings. The zero-order valence-corrected chi connectivity index (χ0v) is 12.6. The number of aromatic nitrogens is 1. The van der Waals surface area contributed by atoms with Gasteiger partial charge in [-0.2, -0.15) is 0 Å². The summed E-state index contributed by atoms with van der Waals surface area (Å²) in [6.45, 7) is 0.525. The first kappa shape index (κ1) is 15.5. The molecular weight excluding hydrogens is 346 g/mol. The molecule has 8 nitrogen and oxygen atoms in total. The first-order chi connectivity index (χ1) is 9.93. The third kappa shape index (κ3) is 3.61. The van der Waals surface area contributed by atoms with E-state index in [1.807, 2.05) is 0 Å². The molecule has 0 unspecified atom stereocenters. The molecule has 0 radical (unpaired) electrons. The monoisotopic (exact) mass is 359 g/mol. The van der Waals surface area contributed by atoms with Gasteiger partial charge in [0.15, 0.2) is 17.2 Å². The van der Waals surface area contributed by atoms with Gasteiger partial charge in [-0.15, -0.1) is 0 Å². The van der Waals surface area contributed by atoms with E-state index in [-0.39, 0.29) is 37.6 Å². The molecule has 9 heteroatoms. The molecule has 0 saturated carbocycles. The smallest absolute Gasteiger partial charge is 0.405 e.